The molecule has 0 aliphatic carbocycles. The molecule has 2 N–H and O–H groups in total. The molecule has 134 valence electrons. The van der Waals surface area contributed by atoms with Crippen LogP contribution < -0.4 is 10.5 Å². The van der Waals surface area contributed by atoms with Crippen molar-refractivity contribution < 1.29 is 22.6 Å². The van der Waals surface area contributed by atoms with E-state index in [0.29, 0.717) is 29.8 Å². The Labute approximate surface area is 144 Å². The number of nitrogen functional groups attached to an aromatic ring is 1. The van der Waals surface area contributed by atoms with Crippen molar-refractivity contribution in [1.29, 1.82) is 0 Å². The number of ether oxygens (including phenoxy) is 2. The van der Waals surface area contributed by atoms with Crippen molar-refractivity contribution in [2.45, 2.75) is 44.3 Å². The molecule has 0 spiro atoms. The molecular weight excluding hydrogens is 331 g/mol. The molecular formula is C19H20F3NO2. The lowest BCUT2D eigenvalue weighted by molar-refractivity contribution is -0.230. The zero-order chi connectivity index (χ0) is 17.9. The first-order valence-electron chi connectivity index (χ1n) is 8.19. The summed E-state index contributed by atoms with van der Waals surface area (Å²) < 4.78 is 50.9. The van der Waals surface area contributed by atoms with Crippen LogP contribution in [0.3, 0.4) is 0 Å². The summed E-state index contributed by atoms with van der Waals surface area (Å²) in [5.74, 6) is 0.606. The fourth-order valence-electron chi connectivity index (χ4n) is 2.94. The van der Waals surface area contributed by atoms with Gasteiger partial charge in [-0.2, -0.15) is 13.2 Å². The second-order valence-corrected chi connectivity index (χ2v) is 6.21. The van der Waals surface area contributed by atoms with Gasteiger partial charge in [0.15, 0.2) is 6.10 Å². The Morgan fingerprint density at radius 2 is 1.92 bits per heavy atom. The van der Waals surface area contributed by atoms with Crippen LogP contribution in [0.4, 0.5) is 18.9 Å². The molecule has 3 nitrogen and oxygen atoms in total. The number of fused-ring (bicyclic) bond motifs is 1. The van der Waals surface area contributed by atoms with Gasteiger partial charge in [0.05, 0.1) is 6.61 Å². The van der Waals surface area contributed by atoms with E-state index in [1.165, 1.54) is 0 Å². The highest BCUT2D eigenvalue weighted by Gasteiger charge is 2.42. The first kappa shape index (κ1) is 17.6. The van der Waals surface area contributed by atoms with Crippen LogP contribution in [0.2, 0.25) is 0 Å². The first-order chi connectivity index (χ1) is 11.9. The molecule has 2 unspecified atom stereocenters. The minimum Gasteiger partial charge on any atom is -0.490 e. The Bertz CT molecular complexity index is 704. The highest BCUT2D eigenvalue weighted by atomic mass is 19.4. The lowest BCUT2D eigenvalue weighted by Gasteiger charge is -2.30. The Morgan fingerprint density at radius 3 is 2.64 bits per heavy atom. The predicted octanol–water partition coefficient (Wildman–Crippen LogP) is 4.50. The molecule has 0 radical (unpaired) electrons. The molecule has 1 heterocycles. The Hall–Kier alpha value is -2.21. The van der Waals surface area contributed by atoms with Gasteiger partial charge in [0.1, 0.15) is 11.9 Å². The normalized spacial score (nSPS) is 18.3. The monoisotopic (exact) mass is 351 g/mol. The van der Waals surface area contributed by atoms with E-state index >= 15 is 0 Å². The first-order valence-corrected chi connectivity index (χ1v) is 8.19. The molecule has 6 heteroatoms. The smallest absolute Gasteiger partial charge is 0.414 e. The van der Waals surface area contributed by atoms with Crippen LogP contribution >= 0.6 is 0 Å². The minimum absolute atomic E-state index is 0.0785. The molecule has 0 bridgehead atoms. The number of hydrogen-bond donors (Lipinski definition) is 1. The SMILES string of the molecule is Nc1ccc2c(c1)CCC(CC(OCc1ccccc1)C(F)(F)F)O2. The van der Waals surface area contributed by atoms with E-state index in [0.717, 1.165) is 5.56 Å². The molecule has 1 aliphatic rings. The van der Waals surface area contributed by atoms with Crippen molar-refractivity contribution in [2.75, 3.05) is 5.73 Å². The van der Waals surface area contributed by atoms with E-state index in [1.54, 1.807) is 42.5 Å². The number of hydrogen-bond acceptors (Lipinski definition) is 3. The third-order valence-electron chi connectivity index (χ3n) is 4.25. The van der Waals surface area contributed by atoms with Gasteiger partial charge >= 0.3 is 6.18 Å². The average Bonchev–Trinajstić information content (AvgIpc) is 2.58. The van der Waals surface area contributed by atoms with Crippen molar-refractivity contribution in [3.05, 3.63) is 59.7 Å². The predicted molar refractivity (Wildman–Crippen MR) is 89.3 cm³/mol. The zero-order valence-corrected chi connectivity index (χ0v) is 13.6. The molecule has 0 amide bonds. The number of anilines is 1. The zero-order valence-electron chi connectivity index (χ0n) is 13.6. The molecule has 0 saturated carbocycles. The lowest BCUT2D eigenvalue weighted by Crippen LogP contribution is -2.37. The Balaban J connectivity index is 1.64. The topological polar surface area (TPSA) is 44.5 Å². The molecule has 25 heavy (non-hydrogen) atoms. The van der Waals surface area contributed by atoms with Crippen LogP contribution in [0.15, 0.2) is 48.5 Å². The third kappa shape index (κ3) is 4.66. The fraction of sp³-hybridized carbons (Fsp3) is 0.368. The number of nitrogens with two attached hydrogens (primary N) is 1. The highest BCUT2D eigenvalue weighted by molar-refractivity contribution is 5.48. The largest absolute Gasteiger partial charge is 0.490 e. The van der Waals surface area contributed by atoms with Gasteiger partial charge in [-0.1, -0.05) is 30.3 Å². The summed E-state index contributed by atoms with van der Waals surface area (Å²) in [4.78, 5) is 0. The maximum absolute atomic E-state index is 13.3. The van der Waals surface area contributed by atoms with Gasteiger partial charge in [-0.05, 0) is 42.2 Å². The molecule has 0 saturated heterocycles. The number of alkyl halides is 3. The van der Waals surface area contributed by atoms with E-state index < -0.39 is 18.4 Å². The van der Waals surface area contributed by atoms with Crippen molar-refractivity contribution in [1.82, 2.24) is 0 Å². The molecule has 2 atom stereocenters. The molecule has 0 aromatic heterocycles. The molecule has 3 rings (SSSR count). The second-order valence-electron chi connectivity index (χ2n) is 6.21. The van der Waals surface area contributed by atoms with Gasteiger partial charge < -0.3 is 15.2 Å². The van der Waals surface area contributed by atoms with Crippen LogP contribution in [0.25, 0.3) is 0 Å². The molecule has 2 aromatic carbocycles. The van der Waals surface area contributed by atoms with E-state index in [9.17, 15) is 13.2 Å². The van der Waals surface area contributed by atoms with E-state index in [2.05, 4.69) is 0 Å². The van der Waals surface area contributed by atoms with Crippen molar-refractivity contribution in [3.63, 3.8) is 0 Å². The Morgan fingerprint density at radius 1 is 1.16 bits per heavy atom. The number of aryl methyl sites for hydroxylation is 1. The number of halogens is 3. The van der Waals surface area contributed by atoms with Gasteiger partial charge in [0.2, 0.25) is 0 Å². The van der Waals surface area contributed by atoms with Gasteiger partial charge in [-0.25, -0.2) is 0 Å². The van der Waals surface area contributed by atoms with Gasteiger partial charge in [-0.15, -0.1) is 0 Å². The van der Waals surface area contributed by atoms with Crippen LogP contribution in [-0.2, 0) is 17.8 Å². The third-order valence-corrected chi connectivity index (χ3v) is 4.25. The van der Waals surface area contributed by atoms with E-state index in [4.69, 9.17) is 15.2 Å². The summed E-state index contributed by atoms with van der Waals surface area (Å²) in [5.41, 5.74) is 8.00. The quantitative estimate of drug-likeness (QED) is 0.807. The van der Waals surface area contributed by atoms with Gasteiger partial charge in [-0.3, -0.25) is 0 Å². The number of benzene rings is 2. The van der Waals surface area contributed by atoms with Crippen LogP contribution in [0, 0.1) is 0 Å². The van der Waals surface area contributed by atoms with E-state index in [1.807, 2.05) is 6.07 Å². The summed E-state index contributed by atoms with van der Waals surface area (Å²) >= 11 is 0. The summed E-state index contributed by atoms with van der Waals surface area (Å²) in [6.45, 7) is -0.0785. The summed E-state index contributed by atoms with van der Waals surface area (Å²) in [6, 6.07) is 14.0. The molecule has 0 fully saturated rings. The fourth-order valence-corrected chi connectivity index (χ4v) is 2.94. The standard InChI is InChI=1S/C19H20F3NO2/c20-19(21,22)18(24-12-13-4-2-1-3-5-13)11-16-8-6-14-10-15(23)7-9-17(14)25-16/h1-5,7,9-10,16,18H,6,8,11-12,23H2. The molecule has 1 aliphatic heterocycles. The van der Waals surface area contributed by atoms with Crippen LogP contribution in [0.1, 0.15) is 24.0 Å². The second kappa shape index (κ2) is 7.35. The van der Waals surface area contributed by atoms with E-state index in [-0.39, 0.29) is 13.0 Å². The van der Waals surface area contributed by atoms with Gasteiger partial charge in [0, 0.05) is 12.1 Å². The van der Waals surface area contributed by atoms with Crippen molar-refractivity contribution in [2.24, 2.45) is 0 Å². The maximum Gasteiger partial charge on any atom is 0.414 e. The lowest BCUT2D eigenvalue weighted by atomic mass is 9.98. The summed E-state index contributed by atoms with van der Waals surface area (Å²) in [7, 11) is 0. The minimum atomic E-state index is -4.43. The maximum atomic E-state index is 13.3. The van der Waals surface area contributed by atoms with Crippen molar-refractivity contribution >= 4 is 5.69 Å². The Kier molecular flexibility index (Phi) is 5.18. The average molecular weight is 351 g/mol. The molecule has 2 aromatic rings. The summed E-state index contributed by atoms with van der Waals surface area (Å²) in [6.07, 6.45) is -5.88. The number of rotatable bonds is 5. The van der Waals surface area contributed by atoms with Crippen LogP contribution in [-0.4, -0.2) is 18.4 Å². The summed E-state index contributed by atoms with van der Waals surface area (Å²) in [5, 5.41) is 0. The van der Waals surface area contributed by atoms with Crippen LogP contribution in [0.5, 0.6) is 5.75 Å². The van der Waals surface area contributed by atoms with Gasteiger partial charge in [0.25, 0.3) is 0 Å². The van der Waals surface area contributed by atoms with Crippen molar-refractivity contribution in [3.8, 4) is 5.75 Å². The highest BCUT2D eigenvalue weighted by Crippen LogP contribution is 2.34.